The van der Waals surface area contributed by atoms with Crippen molar-refractivity contribution in [1.82, 2.24) is 20.2 Å². The molecule has 0 radical (unpaired) electrons. The van der Waals surface area contributed by atoms with Crippen molar-refractivity contribution in [2.24, 2.45) is 0 Å². The largest absolute Gasteiger partial charge is 0.207 e. The zero-order valence-corrected chi connectivity index (χ0v) is 11.1. The highest BCUT2D eigenvalue weighted by atomic mass is 35.5. The molecule has 0 aliphatic heterocycles. The maximum Gasteiger partial charge on any atom is 0.205 e. The molecule has 0 aliphatic carbocycles. The van der Waals surface area contributed by atoms with Gasteiger partial charge in [0, 0.05) is 10.6 Å². The second kappa shape index (κ2) is 5.38. The van der Waals surface area contributed by atoms with E-state index in [0.29, 0.717) is 23.0 Å². The van der Waals surface area contributed by atoms with E-state index in [1.54, 1.807) is 24.3 Å². The maximum absolute atomic E-state index is 13.1. The van der Waals surface area contributed by atoms with Gasteiger partial charge in [0.25, 0.3) is 0 Å². The molecule has 0 fully saturated rings. The Bertz CT molecular complexity index is 724. The fraction of sp³-hybridized carbons (Fsp3) is 0.0714. The quantitative estimate of drug-likeness (QED) is 0.743. The van der Waals surface area contributed by atoms with E-state index in [2.05, 4.69) is 15.4 Å². The average Bonchev–Trinajstić information content (AvgIpc) is 2.90. The summed E-state index contributed by atoms with van der Waals surface area (Å²) in [7, 11) is 0. The summed E-state index contributed by atoms with van der Waals surface area (Å²) in [5.74, 6) is 0.0787. The second-order valence-corrected chi connectivity index (χ2v) is 4.72. The first-order valence-electron chi connectivity index (χ1n) is 5.99. The number of aromatic nitrogens is 4. The zero-order chi connectivity index (χ0) is 13.9. The van der Waals surface area contributed by atoms with E-state index in [1.165, 1.54) is 16.9 Å². The molecule has 0 saturated heterocycles. The van der Waals surface area contributed by atoms with Gasteiger partial charge in [0.2, 0.25) is 5.82 Å². The summed E-state index contributed by atoms with van der Waals surface area (Å²) in [6.45, 7) is 0.486. The molecule has 1 aromatic heterocycles. The van der Waals surface area contributed by atoms with Gasteiger partial charge in [-0.2, -0.15) is 4.80 Å². The summed E-state index contributed by atoms with van der Waals surface area (Å²) in [6, 6.07) is 13.5. The number of benzene rings is 2. The first-order valence-corrected chi connectivity index (χ1v) is 6.37. The van der Waals surface area contributed by atoms with Gasteiger partial charge in [0.05, 0.1) is 6.54 Å². The van der Waals surface area contributed by atoms with Crippen molar-refractivity contribution in [2.45, 2.75) is 6.54 Å². The summed E-state index contributed by atoms with van der Waals surface area (Å²) < 4.78 is 13.1. The van der Waals surface area contributed by atoms with Crippen molar-refractivity contribution in [3.63, 3.8) is 0 Å². The highest BCUT2D eigenvalue weighted by Crippen LogP contribution is 2.15. The molecule has 0 bridgehead atoms. The summed E-state index contributed by atoms with van der Waals surface area (Å²) in [5.41, 5.74) is 1.62. The van der Waals surface area contributed by atoms with Crippen LogP contribution >= 0.6 is 11.6 Å². The van der Waals surface area contributed by atoms with Crippen LogP contribution < -0.4 is 0 Å². The number of hydrogen-bond acceptors (Lipinski definition) is 3. The normalized spacial score (nSPS) is 10.7. The SMILES string of the molecule is Fc1cccc(-c2nnn(Cc3ccc(Cl)cc3)n2)c1. The van der Waals surface area contributed by atoms with Gasteiger partial charge >= 0.3 is 0 Å². The maximum atomic E-state index is 13.1. The van der Waals surface area contributed by atoms with Crippen LogP contribution in [-0.2, 0) is 6.54 Å². The minimum absolute atomic E-state index is 0.323. The molecule has 4 nitrogen and oxygen atoms in total. The lowest BCUT2D eigenvalue weighted by Crippen LogP contribution is -2.03. The van der Waals surface area contributed by atoms with Gasteiger partial charge in [-0.1, -0.05) is 35.9 Å². The first-order chi connectivity index (χ1) is 9.70. The average molecular weight is 289 g/mol. The van der Waals surface area contributed by atoms with E-state index in [0.717, 1.165) is 5.56 Å². The van der Waals surface area contributed by atoms with Gasteiger partial charge < -0.3 is 0 Å². The van der Waals surface area contributed by atoms with Crippen molar-refractivity contribution in [2.75, 3.05) is 0 Å². The lowest BCUT2D eigenvalue weighted by atomic mass is 10.2. The summed E-state index contributed by atoms with van der Waals surface area (Å²) in [5, 5.41) is 12.8. The van der Waals surface area contributed by atoms with Gasteiger partial charge in [-0.3, -0.25) is 0 Å². The van der Waals surface area contributed by atoms with Crippen LogP contribution in [0.2, 0.25) is 5.02 Å². The van der Waals surface area contributed by atoms with Crippen molar-refractivity contribution in [3.05, 3.63) is 64.9 Å². The fourth-order valence-electron chi connectivity index (χ4n) is 1.81. The molecule has 0 atom stereocenters. The summed E-state index contributed by atoms with van der Waals surface area (Å²) in [6.07, 6.45) is 0. The lowest BCUT2D eigenvalue weighted by molar-refractivity contribution is 0.573. The number of nitrogens with zero attached hydrogens (tertiary/aromatic N) is 4. The van der Waals surface area contributed by atoms with E-state index in [1.807, 2.05) is 12.1 Å². The van der Waals surface area contributed by atoms with Crippen LogP contribution in [0.1, 0.15) is 5.56 Å². The van der Waals surface area contributed by atoms with Gasteiger partial charge in [0.15, 0.2) is 0 Å². The third-order valence-corrected chi connectivity index (χ3v) is 3.02. The van der Waals surface area contributed by atoms with Crippen LogP contribution in [0.5, 0.6) is 0 Å². The van der Waals surface area contributed by atoms with E-state index < -0.39 is 0 Å². The molecule has 2 aromatic carbocycles. The van der Waals surface area contributed by atoms with E-state index in [4.69, 9.17) is 11.6 Å². The summed E-state index contributed by atoms with van der Waals surface area (Å²) >= 11 is 5.83. The highest BCUT2D eigenvalue weighted by molar-refractivity contribution is 6.30. The number of hydrogen-bond donors (Lipinski definition) is 0. The minimum atomic E-state index is -0.323. The molecule has 0 amide bonds. The van der Waals surface area contributed by atoms with Gasteiger partial charge in [-0.25, -0.2) is 4.39 Å². The van der Waals surface area contributed by atoms with Crippen molar-refractivity contribution >= 4 is 11.6 Å². The van der Waals surface area contributed by atoms with Crippen LogP contribution in [0.15, 0.2) is 48.5 Å². The molecule has 0 unspecified atom stereocenters. The van der Waals surface area contributed by atoms with E-state index in [9.17, 15) is 4.39 Å². The molecule has 20 heavy (non-hydrogen) atoms. The van der Waals surface area contributed by atoms with Crippen LogP contribution in [0, 0.1) is 5.82 Å². The van der Waals surface area contributed by atoms with E-state index >= 15 is 0 Å². The van der Waals surface area contributed by atoms with Crippen molar-refractivity contribution in [3.8, 4) is 11.4 Å². The second-order valence-electron chi connectivity index (χ2n) is 4.28. The van der Waals surface area contributed by atoms with Gasteiger partial charge in [-0.15, -0.1) is 10.2 Å². The Morgan fingerprint density at radius 3 is 2.65 bits per heavy atom. The van der Waals surface area contributed by atoms with Crippen molar-refractivity contribution in [1.29, 1.82) is 0 Å². The monoisotopic (exact) mass is 288 g/mol. The molecular formula is C14H10ClFN4. The minimum Gasteiger partial charge on any atom is -0.207 e. The number of rotatable bonds is 3. The Labute approximate surface area is 119 Å². The molecule has 0 aliphatic rings. The number of tetrazole rings is 1. The van der Waals surface area contributed by atoms with Gasteiger partial charge in [0.1, 0.15) is 5.82 Å². The smallest absolute Gasteiger partial charge is 0.205 e. The topological polar surface area (TPSA) is 43.6 Å². The number of halogens is 2. The molecule has 0 saturated carbocycles. The van der Waals surface area contributed by atoms with Crippen molar-refractivity contribution < 1.29 is 4.39 Å². The Kier molecular flexibility index (Phi) is 3.43. The molecule has 1 heterocycles. The molecule has 100 valence electrons. The van der Waals surface area contributed by atoms with Gasteiger partial charge in [-0.05, 0) is 35.0 Å². The fourth-order valence-corrected chi connectivity index (χ4v) is 1.93. The third kappa shape index (κ3) is 2.83. The lowest BCUT2D eigenvalue weighted by Gasteiger charge is -1.99. The molecule has 3 rings (SSSR count). The predicted molar refractivity (Wildman–Crippen MR) is 73.8 cm³/mol. The Morgan fingerprint density at radius 1 is 1.10 bits per heavy atom. The Morgan fingerprint density at radius 2 is 1.90 bits per heavy atom. The Hall–Kier alpha value is -2.27. The predicted octanol–water partition coefficient (Wildman–Crippen LogP) is 3.18. The van der Waals surface area contributed by atoms with E-state index in [-0.39, 0.29) is 5.82 Å². The van der Waals surface area contributed by atoms with Crippen LogP contribution in [0.4, 0.5) is 4.39 Å². The summed E-state index contributed by atoms with van der Waals surface area (Å²) in [4.78, 5) is 1.46. The molecule has 3 aromatic rings. The molecular weight excluding hydrogens is 279 g/mol. The molecule has 0 spiro atoms. The van der Waals surface area contributed by atoms with Crippen LogP contribution in [-0.4, -0.2) is 20.2 Å². The third-order valence-electron chi connectivity index (χ3n) is 2.77. The molecule has 0 N–H and O–H groups in total. The molecule has 6 heteroatoms. The van der Waals surface area contributed by atoms with Crippen LogP contribution in [0.25, 0.3) is 11.4 Å². The first kappa shape index (κ1) is 12.7. The zero-order valence-electron chi connectivity index (χ0n) is 10.4. The highest BCUT2D eigenvalue weighted by Gasteiger charge is 2.07. The Balaban J connectivity index is 1.82. The van der Waals surface area contributed by atoms with Crippen LogP contribution in [0.3, 0.4) is 0 Å². The standard InChI is InChI=1S/C14H10ClFN4/c15-12-6-4-10(5-7-12)9-20-18-14(17-19-20)11-2-1-3-13(16)8-11/h1-8H,9H2.